The lowest BCUT2D eigenvalue weighted by Crippen LogP contribution is -2.48. The molecule has 0 N–H and O–H groups in total. The average Bonchev–Trinajstić information content (AvgIpc) is 3.67. The second-order valence-corrected chi connectivity index (χ2v) is 14.8. The molecule has 0 unspecified atom stereocenters. The third-order valence-electron chi connectivity index (χ3n) is 11.8. The van der Waals surface area contributed by atoms with E-state index in [0.29, 0.717) is 9.75 Å². The summed E-state index contributed by atoms with van der Waals surface area (Å²) in [5, 5.41) is 0. The first-order valence-corrected chi connectivity index (χ1v) is 17.7. The summed E-state index contributed by atoms with van der Waals surface area (Å²) in [4.78, 5) is 32.3. The maximum absolute atomic E-state index is 15.5. The van der Waals surface area contributed by atoms with E-state index in [1.165, 1.54) is 44.7 Å². The minimum absolute atomic E-state index is 0.0214. The number of hydrogen-bond acceptors (Lipinski definition) is 3. The van der Waals surface area contributed by atoms with E-state index < -0.39 is 10.8 Å². The highest BCUT2D eigenvalue weighted by Gasteiger charge is 2.58. The van der Waals surface area contributed by atoms with Gasteiger partial charge in [0.15, 0.2) is 11.6 Å². The molecule has 0 fully saturated rings. The minimum Gasteiger partial charge on any atom is -0.291 e. The molecule has 230 valence electrons. The van der Waals surface area contributed by atoms with Gasteiger partial charge in [0.1, 0.15) is 10.8 Å². The fourth-order valence-corrected chi connectivity index (χ4v) is 11.1. The maximum atomic E-state index is 15.5. The lowest BCUT2D eigenvalue weighted by atomic mass is 9.51. The van der Waals surface area contributed by atoms with E-state index in [1.807, 2.05) is 48.5 Å². The van der Waals surface area contributed by atoms with Crippen molar-refractivity contribution >= 4 is 22.9 Å². The van der Waals surface area contributed by atoms with Crippen molar-refractivity contribution in [3.8, 4) is 0 Å². The van der Waals surface area contributed by atoms with Crippen LogP contribution in [-0.4, -0.2) is 11.6 Å². The molecule has 13 rings (SSSR count). The number of hydrogen-bond donors (Lipinski definition) is 0. The Morgan fingerprint density at radius 3 is 0.816 bits per heavy atom. The second-order valence-electron chi connectivity index (χ2n) is 13.7. The third kappa shape index (κ3) is 3.09. The Bertz CT molecular complexity index is 2180. The molecule has 0 radical (unpaired) electrons. The Kier molecular flexibility index (Phi) is 5.29. The summed E-state index contributed by atoms with van der Waals surface area (Å²) in [6.07, 6.45) is 0. The highest BCUT2D eigenvalue weighted by molar-refractivity contribution is 7.16. The van der Waals surface area contributed by atoms with Crippen molar-refractivity contribution in [1.82, 2.24) is 0 Å². The van der Waals surface area contributed by atoms with Crippen LogP contribution in [-0.2, 0) is 10.8 Å². The van der Waals surface area contributed by atoms with Gasteiger partial charge in [0.2, 0.25) is 0 Å². The van der Waals surface area contributed by atoms with Crippen molar-refractivity contribution in [1.29, 1.82) is 0 Å². The molecule has 0 amide bonds. The molecule has 6 aliphatic carbocycles. The Balaban J connectivity index is 1.13. The van der Waals surface area contributed by atoms with E-state index in [2.05, 4.69) is 109 Å². The SMILES string of the molecule is O=C(c1ccc(C(=O)C23c4ccccc4C(c4ccccc42)c2ccccc23)s1)C12c3ccccc3C(c3ccccc31)c1ccccc12. The van der Waals surface area contributed by atoms with E-state index in [0.717, 1.165) is 33.4 Å². The van der Waals surface area contributed by atoms with E-state index in [1.54, 1.807) is 0 Å². The summed E-state index contributed by atoms with van der Waals surface area (Å²) in [6, 6.07) is 54.5. The Labute approximate surface area is 288 Å². The van der Waals surface area contributed by atoms with Crippen LogP contribution in [0.1, 0.15) is 97.9 Å². The summed E-state index contributed by atoms with van der Waals surface area (Å²) in [7, 11) is 0. The van der Waals surface area contributed by atoms with Crippen LogP contribution in [0.25, 0.3) is 0 Å². The van der Waals surface area contributed by atoms with Crippen LogP contribution in [0.4, 0.5) is 0 Å². The van der Waals surface area contributed by atoms with Gasteiger partial charge in [0.05, 0.1) is 9.75 Å². The van der Waals surface area contributed by atoms with E-state index in [-0.39, 0.29) is 23.4 Å². The van der Waals surface area contributed by atoms with Crippen LogP contribution >= 0.6 is 11.3 Å². The summed E-state index contributed by atoms with van der Waals surface area (Å²) < 4.78 is 0. The first kappa shape index (κ1) is 27.3. The normalized spacial score (nSPS) is 22.6. The fraction of sp³-hybridized carbons (Fsp3) is 0.0870. The van der Waals surface area contributed by atoms with Crippen molar-refractivity contribution in [2.24, 2.45) is 0 Å². The van der Waals surface area contributed by atoms with E-state index in [4.69, 9.17) is 0 Å². The van der Waals surface area contributed by atoms with Crippen LogP contribution in [0.3, 0.4) is 0 Å². The van der Waals surface area contributed by atoms with Crippen LogP contribution in [0.15, 0.2) is 158 Å². The maximum Gasteiger partial charge on any atom is 0.192 e. The molecule has 1 heterocycles. The number of carbonyl (C=O) groups excluding carboxylic acids is 2. The largest absolute Gasteiger partial charge is 0.291 e. The quantitative estimate of drug-likeness (QED) is 0.179. The predicted octanol–water partition coefficient (Wildman–Crippen LogP) is 9.80. The monoisotopic (exact) mass is 644 g/mol. The summed E-state index contributed by atoms with van der Waals surface area (Å²) in [6.45, 7) is 0. The topological polar surface area (TPSA) is 34.1 Å². The number of carbonyl (C=O) groups is 2. The highest BCUT2D eigenvalue weighted by Crippen LogP contribution is 2.62. The predicted molar refractivity (Wildman–Crippen MR) is 193 cm³/mol. The summed E-state index contributed by atoms with van der Waals surface area (Å²) in [5.74, 6) is 0.208. The van der Waals surface area contributed by atoms with Gasteiger partial charge in [0.25, 0.3) is 0 Å². The van der Waals surface area contributed by atoms with Crippen LogP contribution in [0.5, 0.6) is 0 Å². The van der Waals surface area contributed by atoms with Gasteiger partial charge in [-0.25, -0.2) is 0 Å². The number of benzene rings is 6. The molecule has 0 saturated heterocycles. The van der Waals surface area contributed by atoms with Crippen LogP contribution < -0.4 is 0 Å². The lowest BCUT2D eigenvalue weighted by molar-refractivity contribution is 0.0927. The number of ketones is 2. The Morgan fingerprint density at radius 2 is 0.571 bits per heavy atom. The molecule has 0 aliphatic heterocycles. The molecule has 2 nitrogen and oxygen atoms in total. The van der Waals surface area contributed by atoms with E-state index >= 15 is 9.59 Å². The molecule has 6 aliphatic rings. The first-order valence-electron chi connectivity index (χ1n) is 16.9. The van der Waals surface area contributed by atoms with Crippen molar-refractivity contribution in [2.75, 3.05) is 0 Å². The number of thiophene rings is 1. The average molecular weight is 645 g/mol. The van der Waals surface area contributed by atoms with Gasteiger partial charge in [-0.15, -0.1) is 11.3 Å². The molecular formula is C46H28O2S. The molecule has 6 aromatic carbocycles. The third-order valence-corrected chi connectivity index (χ3v) is 12.9. The molecule has 4 bridgehead atoms. The van der Waals surface area contributed by atoms with Gasteiger partial charge < -0.3 is 0 Å². The molecule has 0 spiro atoms. The van der Waals surface area contributed by atoms with E-state index in [9.17, 15) is 0 Å². The number of rotatable bonds is 4. The van der Waals surface area contributed by atoms with Gasteiger partial charge in [-0.05, 0) is 78.9 Å². The van der Waals surface area contributed by atoms with Crippen molar-refractivity contribution < 1.29 is 9.59 Å². The zero-order chi connectivity index (χ0) is 32.5. The lowest BCUT2D eigenvalue weighted by Gasteiger charge is -2.49. The van der Waals surface area contributed by atoms with Crippen LogP contribution in [0.2, 0.25) is 0 Å². The standard InChI is InChI=1S/C46H28O2S/c47-43(45-33-19-7-1-13-27(33)41(28-14-2-8-20-34(28)45)29-15-3-9-21-35(29)45)39-25-26-40(49-39)44(48)46-36-22-10-4-16-30(36)42(31-17-5-11-23-37(31)46)32-18-6-12-24-38(32)46/h1-26,41-42H. The molecule has 1 aromatic heterocycles. The highest BCUT2D eigenvalue weighted by atomic mass is 32.1. The van der Waals surface area contributed by atoms with Gasteiger partial charge in [-0.2, -0.15) is 0 Å². The number of Topliss-reactive ketones (excluding diaryl/α,β-unsaturated/α-hetero) is 2. The van der Waals surface area contributed by atoms with Gasteiger partial charge in [0, 0.05) is 11.8 Å². The molecule has 3 heteroatoms. The van der Waals surface area contributed by atoms with Gasteiger partial charge in [-0.3, -0.25) is 9.59 Å². The summed E-state index contributed by atoms with van der Waals surface area (Å²) >= 11 is 1.35. The molecular weight excluding hydrogens is 617 g/mol. The molecule has 0 atom stereocenters. The van der Waals surface area contributed by atoms with Gasteiger partial charge >= 0.3 is 0 Å². The zero-order valence-corrected chi connectivity index (χ0v) is 27.2. The molecule has 7 aromatic rings. The fourth-order valence-electron chi connectivity index (χ4n) is 10.1. The summed E-state index contributed by atoms with van der Waals surface area (Å²) in [5.41, 5.74) is 11.4. The second kappa shape index (κ2) is 9.49. The van der Waals surface area contributed by atoms with Crippen molar-refractivity contribution in [3.05, 3.63) is 234 Å². The van der Waals surface area contributed by atoms with Crippen LogP contribution in [0, 0.1) is 0 Å². The zero-order valence-electron chi connectivity index (χ0n) is 26.4. The molecule has 49 heavy (non-hydrogen) atoms. The first-order chi connectivity index (χ1) is 24.2. The van der Waals surface area contributed by atoms with Crippen molar-refractivity contribution in [2.45, 2.75) is 22.7 Å². The van der Waals surface area contributed by atoms with Crippen molar-refractivity contribution in [3.63, 3.8) is 0 Å². The smallest absolute Gasteiger partial charge is 0.192 e. The minimum atomic E-state index is -1.00. The Morgan fingerprint density at radius 1 is 0.347 bits per heavy atom. The molecule has 0 saturated carbocycles. The van der Waals surface area contributed by atoms with Gasteiger partial charge in [-0.1, -0.05) is 146 Å². The Hall–Kier alpha value is -5.64.